The van der Waals surface area contributed by atoms with Gasteiger partial charge >= 0.3 is 0 Å². The Hall–Kier alpha value is -1.06. The van der Waals surface area contributed by atoms with Gasteiger partial charge in [0.25, 0.3) is 0 Å². The molecule has 2 rings (SSSR count). The summed E-state index contributed by atoms with van der Waals surface area (Å²) in [6, 6.07) is -0.509. The van der Waals surface area contributed by atoms with Crippen molar-refractivity contribution in [2.75, 3.05) is 19.7 Å². The molecule has 2 heterocycles. The van der Waals surface area contributed by atoms with E-state index in [1.54, 1.807) is 0 Å². The van der Waals surface area contributed by atoms with Crippen LogP contribution in [0.2, 0.25) is 0 Å². The Kier molecular flexibility index (Phi) is 8.25. The van der Waals surface area contributed by atoms with Crippen LogP contribution >= 0.6 is 0 Å². The highest BCUT2D eigenvalue weighted by molar-refractivity contribution is 4.94. The lowest BCUT2D eigenvalue weighted by Crippen LogP contribution is -2.62. The summed E-state index contributed by atoms with van der Waals surface area (Å²) in [5, 5.41) is 47.1. The zero-order valence-corrected chi connectivity index (χ0v) is 15.0. The molecule has 0 saturated carbocycles. The minimum Gasteiger partial charge on any atom is -0.395 e. The number of hydrogen-bond acceptors (Lipinski definition) is 7. The lowest BCUT2D eigenvalue weighted by molar-refractivity contribution is -0.145. The third-order valence-electron chi connectivity index (χ3n) is 4.89. The SMILES string of the molecule is CCCc1cn(CCCCCCN2C[C@@H](O)[C@@H](O)[C@H](O)[C@H]2CO)nn1. The summed E-state index contributed by atoms with van der Waals surface area (Å²) < 4.78 is 1.89. The van der Waals surface area contributed by atoms with Crippen LogP contribution < -0.4 is 0 Å². The molecule has 0 spiro atoms. The number of aryl methyl sites for hydroxylation is 2. The molecule has 25 heavy (non-hydrogen) atoms. The van der Waals surface area contributed by atoms with Gasteiger partial charge in [-0.1, -0.05) is 31.4 Å². The van der Waals surface area contributed by atoms with Crippen molar-refractivity contribution < 1.29 is 20.4 Å². The largest absolute Gasteiger partial charge is 0.395 e. The number of rotatable bonds is 10. The molecule has 4 N–H and O–H groups in total. The molecule has 144 valence electrons. The van der Waals surface area contributed by atoms with Crippen molar-refractivity contribution >= 4 is 0 Å². The quantitative estimate of drug-likeness (QED) is 0.420. The zero-order valence-electron chi connectivity index (χ0n) is 15.0. The van der Waals surface area contributed by atoms with Gasteiger partial charge in [-0.05, 0) is 25.8 Å². The van der Waals surface area contributed by atoms with Crippen LogP contribution in [0.5, 0.6) is 0 Å². The molecule has 8 heteroatoms. The zero-order chi connectivity index (χ0) is 18.2. The number of unbranched alkanes of at least 4 members (excludes halogenated alkanes) is 3. The Morgan fingerprint density at radius 1 is 1.08 bits per heavy atom. The molecular formula is C17H32N4O4. The molecule has 0 amide bonds. The molecule has 4 atom stereocenters. The molecule has 8 nitrogen and oxygen atoms in total. The van der Waals surface area contributed by atoms with E-state index in [0.29, 0.717) is 6.54 Å². The standard InChI is InChI=1S/C17H32N4O4/c1-2-7-13-10-21(19-18-13)9-6-4-3-5-8-20-11-15(23)17(25)16(24)14(20)12-22/h10,14-17,22-25H,2-9,11-12H2,1H3/t14-,15-,16-,17-/m1/s1. The minimum absolute atomic E-state index is 0.225. The topological polar surface area (TPSA) is 115 Å². The van der Waals surface area contributed by atoms with Crippen LogP contribution in [-0.4, -0.2) is 84.4 Å². The Bertz CT molecular complexity index is 499. The van der Waals surface area contributed by atoms with Crippen molar-refractivity contribution in [1.29, 1.82) is 0 Å². The van der Waals surface area contributed by atoms with Crippen molar-refractivity contribution in [2.24, 2.45) is 0 Å². The van der Waals surface area contributed by atoms with Gasteiger partial charge in [0.1, 0.15) is 12.2 Å². The highest BCUT2D eigenvalue weighted by Crippen LogP contribution is 2.19. The van der Waals surface area contributed by atoms with E-state index in [4.69, 9.17) is 0 Å². The summed E-state index contributed by atoms with van der Waals surface area (Å²) in [4.78, 5) is 1.87. The first-order valence-electron chi connectivity index (χ1n) is 9.35. The van der Waals surface area contributed by atoms with E-state index in [1.165, 1.54) is 0 Å². The van der Waals surface area contributed by atoms with E-state index in [1.807, 2.05) is 15.8 Å². The van der Waals surface area contributed by atoms with Crippen LogP contribution in [0.1, 0.15) is 44.7 Å². The van der Waals surface area contributed by atoms with Crippen molar-refractivity contribution in [2.45, 2.75) is 76.3 Å². The fourth-order valence-electron chi connectivity index (χ4n) is 3.40. The summed E-state index contributed by atoms with van der Waals surface area (Å²) in [7, 11) is 0. The van der Waals surface area contributed by atoms with Crippen molar-refractivity contribution in [3.05, 3.63) is 11.9 Å². The molecule has 1 aliphatic rings. The van der Waals surface area contributed by atoms with Gasteiger partial charge in [0.15, 0.2) is 0 Å². The number of piperidine rings is 1. The maximum atomic E-state index is 9.96. The Balaban J connectivity index is 1.63. The van der Waals surface area contributed by atoms with E-state index in [0.717, 1.165) is 50.8 Å². The van der Waals surface area contributed by atoms with E-state index >= 15 is 0 Å². The van der Waals surface area contributed by atoms with Gasteiger partial charge in [-0.15, -0.1) is 5.10 Å². The van der Waals surface area contributed by atoms with Gasteiger partial charge in [0.05, 0.1) is 24.4 Å². The van der Waals surface area contributed by atoms with Crippen molar-refractivity contribution in [3.63, 3.8) is 0 Å². The maximum Gasteiger partial charge on any atom is 0.109 e. The van der Waals surface area contributed by atoms with Gasteiger partial charge in [-0.3, -0.25) is 9.58 Å². The number of likely N-dealkylation sites (tertiary alicyclic amines) is 1. The molecule has 1 aromatic rings. The second kappa shape index (κ2) is 10.2. The first-order chi connectivity index (χ1) is 12.1. The summed E-state index contributed by atoms with van der Waals surface area (Å²) in [6.45, 7) is 3.74. The Labute approximate surface area is 149 Å². The van der Waals surface area contributed by atoms with Crippen molar-refractivity contribution in [3.8, 4) is 0 Å². The van der Waals surface area contributed by atoms with Crippen LogP contribution in [0.15, 0.2) is 6.20 Å². The summed E-state index contributed by atoms with van der Waals surface area (Å²) in [6.07, 6.45) is 4.83. The first kappa shape index (κ1) is 20.3. The average molecular weight is 356 g/mol. The van der Waals surface area contributed by atoms with E-state index in [2.05, 4.69) is 17.2 Å². The van der Waals surface area contributed by atoms with Crippen LogP contribution in [0, 0.1) is 0 Å². The minimum atomic E-state index is -1.19. The Morgan fingerprint density at radius 3 is 2.48 bits per heavy atom. The van der Waals surface area contributed by atoms with E-state index in [9.17, 15) is 20.4 Å². The fourth-order valence-corrected chi connectivity index (χ4v) is 3.40. The van der Waals surface area contributed by atoms with Gasteiger partial charge < -0.3 is 20.4 Å². The third kappa shape index (κ3) is 5.72. The van der Waals surface area contributed by atoms with Gasteiger partial charge in [0.2, 0.25) is 0 Å². The lowest BCUT2D eigenvalue weighted by Gasteiger charge is -2.43. The number of hydrogen-bond donors (Lipinski definition) is 4. The highest BCUT2D eigenvalue weighted by atomic mass is 16.4. The highest BCUT2D eigenvalue weighted by Gasteiger charge is 2.40. The van der Waals surface area contributed by atoms with E-state index < -0.39 is 24.4 Å². The monoisotopic (exact) mass is 356 g/mol. The number of aromatic nitrogens is 3. The van der Waals surface area contributed by atoms with Crippen LogP contribution in [0.4, 0.5) is 0 Å². The number of nitrogens with zero attached hydrogens (tertiary/aromatic N) is 4. The predicted molar refractivity (Wildman–Crippen MR) is 93.0 cm³/mol. The molecule has 1 aromatic heterocycles. The second-order valence-corrected chi connectivity index (χ2v) is 6.93. The second-order valence-electron chi connectivity index (χ2n) is 6.93. The summed E-state index contributed by atoms with van der Waals surface area (Å²) >= 11 is 0. The summed E-state index contributed by atoms with van der Waals surface area (Å²) in [5.74, 6) is 0. The van der Waals surface area contributed by atoms with Crippen molar-refractivity contribution in [1.82, 2.24) is 19.9 Å². The Morgan fingerprint density at radius 2 is 1.80 bits per heavy atom. The number of β-amino-alcohol motifs (C(OH)–C–C–N with tert-alkyl or cyclic N) is 1. The lowest BCUT2D eigenvalue weighted by atomic mass is 9.94. The molecule has 1 fully saturated rings. The molecule has 0 aromatic carbocycles. The van der Waals surface area contributed by atoms with Gasteiger partial charge in [-0.2, -0.15) is 0 Å². The van der Waals surface area contributed by atoms with E-state index in [-0.39, 0.29) is 13.2 Å². The molecule has 0 radical (unpaired) electrons. The summed E-state index contributed by atoms with van der Waals surface area (Å²) in [5.41, 5.74) is 1.04. The maximum absolute atomic E-state index is 9.96. The van der Waals surface area contributed by atoms with Crippen LogP contribution in [-0.2, 0) is 13.0 Å². The third-order valence-corrected chi connectivity index (χ3v) is 4.89. The fraction of sp³-hybridized carbons (Fsp3) is 0.882. The molecular weight excluding hydrogens is 324 g/mol. The molecule has 0 bridgehead atoms. The number of aliphatic hydroxyl groups excluding tert-OH is 4. The first-order valence-corrected chi connectivity index (χ1v) is 9.35. The molecule has 1 saturated heterocycles. The molecule has 1 aliphatic heterocycles. The molecule has 0 aliphatic carbocycles. The predicted octanol–water partition coefficient (Wildman–Crippen LogP) is -0.450. The van der Waals surface area contributed by atoms with Crippen LogP contribution in [0.25, 0.3) is 0 Å². The van der Waals surface area contributed by atoms with Gasteiger partial charge in [-0.25, -0.2) is 0 Å². The van der Waals surface area contributed by atoms with Crippen LogP contribution in [0.3, 0.4) is 0 Å². The normalized spacial score (nSPS) is 27.7. The van der Waals surface area contributed by atoms with Gasteiger partial charge in [0, 0.05) is 19.3 Å². The molecule has 0 unspecified atom stereocenters. The number of aliphatic hydroxyl groups is 4. The smallest absolute Gasteiger partial charge is 0.109 e. The average Bonchev–Trinajstić information content (AvgIpc) is 3.04.